The third kappa shape index (κ3) is 4.74. The van der Waals surface area contributed by atoms with E-state index in [0.29, 0.717) is 12.5 Å². The molecule has 4 N–H and O–H groups in total. The summed E-state index contributed by atoms with van der Waals surface area (Å²) >= 11 is 0. The Morgan fingerprint density at radius 3 is 2.52 bits per heavy atom. The Labute approximate surface area is 127 Å². The van der Waals surface area contributed by atoms with Gasteiger partial charge in [0.1, 0.15) is 5.84 Å². The van der Waals surface area contributed by atoms with E-state index in [1.54, 1.807) is 0 Å². The molecule has 0 amide bonds. The van der Waals surface area contributed by atoms with E-state index in [9.17, 15) is 0 Å². The summed E-state index contributed by atoms with van der Waals surface area (Å²) in [6.45, 7) is 2.28. The summed E-state index contributed by atoms with van der Waals surface area (Å²) in [7, 11) is 0. The lowest BCUT2D eigenvalue weighted by molar-refractivity contribution is 0.269. The van der Waals surface area contributed by atoms with Gasteiger partial charge in [0.2, 0.25) is 0 Å². The van der Waals surface area contributed by atoms with Crippen LogP contribution in [0.1, 0.15) is 57.1 Å². The highest BCUT2D eigenvalue weighted by Gasteiger charge is 2.23. The van der Waals surface area contributed by atoms with Gasteiger partial charge in [-0.05, 0) is 37.2 Å². The van der Waals surface area contributed by atoms with Crippen molar-refractivity contribution < 1.29 is 5.21 Å². The second kappa shape index (κ2) is 8.03. The van der Waals surface area contributed by atoms with Crippen LogP contribution in [0.3, 0.4) is 0 Å². The molecule has 0 bridgehead atoms. The molecule has 1 aromatic carbocycles. The molecule has 4 heteroatoms. The van der Waals surface area contributed by atoms with Crippen LogP contribution < -0.4 is 11.1 Å². The first kappa shape index (κ1) is 15.8. The Bertz CT molecular complexity index is 439. The van der Waals surface area contributed by atoms with Gasteiger partial charge in [-0.25, -0.2) is 0 Å². The molecule has 0 heterocycles. The summed E-state index contributed by atoms with van der Waals surface area (Å²) in [5.74, 6) is 1.17. The number of amidine groups is 1. The molecule has 4 nitrogen and oxygen atoms in total. The van der Waals surface area contributed by atoms with Crippen molar-refractivity contribution in [3.05, 3.63) is 35.9 Å². The van der Waals surface area contributed by atoms with Gasteiger partial charge in [0.25, 0.3) is 0 Å². The van der Waals surface area contributed by atoms with Crippen molar-refractivity contribution in [2.45, 2.75) is 57.5 Å². The number of nitrogens with two attached hydrogens (primary N) is 1. The SMILES string of the molecule is CCC1CCC(NC(CC(N)=NO)c2ccccc2)CC1. The summed E-state index contributed by atoms with van der Waals surface area (Å²) in [4.78, 5) is 0. The number of oxime groups is 1. The van der Waals surface area contributed by atoms with Crippen molar-refractivity contribution in [2.75, 3.05) is 0 Å². The number of benzene rings is 1. The predicted octanol–water partition coefficient (Wildman–Crippen LogP) is 3.42. The van der Waals surface area contributed by atoms with Gasteiger partial charge < -0.3 is 16.3 Å². The average molecular weight is 289 g/mol. The van der Waals surface area contributed by atoms with Gasteiger partial charge in [0, 0.05) is 18.5 Å². The van der Waals surface area contributed by atoms with E-state index in [4.69, 9.17) is 10.9 Å². The molecule has 0 aliphatic heterocycles. The van der Waals surface area contributed by atoms with E-state index >= 15 is 0 Å². The Morgan fingerprint density at radius 2 is 1.95 bits per heavy atom. The molecule has 0 aromatic heterocycles. The lowest BCUT2D eigenvalue weighted by Crippen LogP contribution is -2.37. The zero-order valence-corrected chi connectivity index (χ0v) is 12.8. The molecular formula is C17H27N3O. The van der Waals surface area contributed by atoms with Crippen molar-refractivity contribution in [1.82, 2.24) is 5.32 Å². The highest BCUT2D eigenvalue weighted by molar-refractivity contribution is 5.80. The molecular weight excluding hydrogens is 262 g/mol. The van der Waals surface area contributed by atoms with Crippen molar-refractivity contribution in [3.8, 4) is 0 Å². The highest BCUT2D eigenvalue weighted by Crippen LogP contribution is 2.28. The molecule has 1 saturated carbocycles. The van der Waals surface area contributed by atoms with Gasteiger partial charge in [0.05, 0.1) is 0 Å². The van der Waals surface area contributed by atoms with E-state index < -0.39 is 0 Å². The van der Waals surface area contributed by atoms with Crippen LogP contribution in [0.4, 0.5) is 0 Å². The minimum Gasteiger partial charge on any atom is -0.409 e. The monoisotopic (exact) mass is 289 g/mol. The zero-order chi connectivity index (χ0) is 15.1. The molecule has 1 unspecified atom stereocenters. The van der Waals surface area contributed by atoms with Crippen molar-refractivity contribution in [3.63, 3.8) is 0 Å². The van der Waals surface area contributed by atoms with E-state index in [-0.39, 0.29) is 11.9 Å². The van der Waals surface area contributed by atoms with Gasteiger partial charge in [-0.1, -0.05) is 48.8 Å². The first-order valence-electron chi connectivity index (χ1n) is 8.00. The largest absolute Gasteiger partial charge is 0.409 e. The molecule has 1 fully saturated rings. The Balaban J connectivity index is 1.99. The van der Waals surface area contributed by atoms with E-state index in [2.05, 4.69) is 29.5 Å². The maximum Gasteiger partial charge on any atom is 0.141 e. The smallest absolute Gasteiger partial charge is 0.141 e. The number of hydrogen-bond acceptors (Lipinski definition) is 3. The average Bonchev–Trinajstić information content (AvgIpc) is 2.55. The quantitative estimate of drug-likeness (QED) is 0.325. The van der Waals surface area contributed by atoms with Crippen LogP contribution in [0, 0.1) is 5.92 Å². The molecule has 116 valence electrons. The summed E-state index contributed by atoms with van der Waals surface area (Å²) in [6, 6.07) is 10.9. The number of nitrogens with zero attached hydrogens (tertiary/aromatic N) is 1. The summed E-state index contributed by atoms with van der Waals surface area (Å²) in [5.41, 5.74) is 6.92. The zero-order valence-electron chi connectivity index (χ0n) is 12.8. The topological polar surface area (TPSA) is 70.6 Å². The highest BCUT2D eigenvalue weighted by atomic mass is 16.4. The maximum atomic E-state index is 8.84. The van der Waals surface area contributed by atoms with Crippen LogP contribution in [-0.2, 0) is 0 Å². The van der Waals surface area contributed by atoms with E-state index in [0.717, 1.165) is 5.92 Å². The number of nitrogens with one attached hydrogen (secondary N) is 1. The molecule has 2 rings (SSSR count). The van der Waals surface area contributed by atoms with Gasteiger partial charge in [0.15, 0.2) is 0 Å². The Kier molecular flexibility index (Phi) is 6.05. The van der Waals surface area contributed by atoms with Gasteiger partial charge in [-0.2, -0.15) is 0 Å². The van der Waals surface area contributed by atoms with E-state index in [1.165, 1.54) is 37.7 Å². The fraction of sp³-hybridized carbons (Fsp3) is 0.588. The van der Waals surface area contributed by atoms with Crippen LogP contribution in [0.5, 0.6) is 0 Å². The Hall–Kier alpha value is -1.55. The summed E-state index contributed by atoms with van der Waals surface area (Å²) in [5, 5.41) is 15.7. The molecule has 1 aliphatic carbocycles. The molecule has 1 atom stereocenters. The van der Waals surface area contributed by atoms with Crippen LogP contribution in [0.25, 0.3) is 0 Å². The van der Waals surface area contributed by atoms with Crippen LogP contribution in [0.2, 0.25) is 0 Å². The van der Waals surface area contributed by atoms with Gasteiger partial charge in [-0.15, -0.1) is 0 Å². The minimum atomic E-state index is 0.116. The molecule has 1 aromatic rings. The van der Waals surface area contributed by atoms with Crippen molar-refractivity contribution in [2.24, 2.45) is 16.8 Å². The maximum absolute atomic E-state index is 8.84. The normalized spacial score (nSPS) is 24.7. The second-order valence-electron chi connectivity index (χ2n) is 6.05. The second-order valence-corrected chi connectivity index (χ2v) is 6.05. The van der Waals surface area contributed by atoms with Gasteiger partial charge >= 0.3 is 0 Å². The molecule has 0 spiro atoms. The standard InChI is InChI=1S/C17H27N3O/c1-2-13-8-10-15(11-9-13)19-16(12-17(18)20-21)14-6-4-3-5-7-14/h3-7,13,15-16,19,21H,2,8-12H2,1H3,(H2,18,20). The number of hydrogen-bond donors (Lipinski definition) is 3. The minimum absolute atomic E-state index is 0.116. The van der Waals surface area contributed by atoms with E-state index in [1.807, 2.05) is 18.2 Å². The lowest BCUT2D eigenvalue weighted by Gasteiger charge is -2.32. The van der Waals surface area contributed by atoms with Crippen LogP contribution >= 0.6 is 0 Å². The lowest BCUT2D eigenvalue weighted by atomic mass is 9.84. The van der Waals surface area contributed by atoms with Crippen LogP contribution in [-0.4, -0.2) is 17.1 Å². The Morgan fingerprint density at radius 1 is 1.29 bits per heavy atom. The number of rotatable bonds is 6. The summed E-state index contributed by atoms with van der Waals surface area (Å²) < 4.78 is 0. The van der Waals surface area contributed by atoms with Crippen molar-refractivity contribution in [1.29, 1.82) is 0 Å². The first-order chi connectivity index (χ1) is 10.2. The predicted molar refractivity (Wildman–Crippen MR) is 86.4 cm³/mol. The molecule has 0 saturated heterocycles. The first-order valence-corrected chi connectivity index (χ1v) is 8.00. The molecule has 1 aliphatic rings. The fourth-order valence-electron chi connectivity index (χ4n) is 3.23. The van der Waals surface area contributed by atoms with Crippen LogP contribution in [0.15, 0.2) is 35.5 Å². The third-order valence-electron chi connectivity index (χ3n) is 4.60. The fourth-order valence-corrected chi connectivity index (χ4v) is 3.23. The van der Waals surface area contributed by atoms with Crippen molar-refractivity contribution >= 4 is 5.84 Å². The third-order valence-corrected chi connectivity index (χ3v) is 4.60. The summed E-state index contributed by atoms with van der Waals surface area (Å²) in [6.07, 6.45) is 6.88. The van der Waals surface area contributed by atoms with Gasteiger partial charge in [-0.3, -0.25) is 0 Å². The molecule has 21 heavy (non-hydrogen) atoms. The molecule has 0 radical (unpaired) electrons.